The number of aliphatic carboxylic acids is 1. The minimum atomic E-state index is -1.19. The summed E-state index contributed by atoms with van der Waals surface area (Å²) >= 11 is 3.86. The van der Waals surface area contributed by atoms with Crippen molar-refractivity contribution in [3.8, 4) is 0 Å². The Kier molecular flexibility index (Phi) is 6.38. The lowest BCUT2D eigenvalue weighted by molar-refractivity contribution is -0.150. The number of aromatic amines is 1. The summed E-state index contributed by atoms with van der Waals surface area (Å²) in [5, 5.41) is 18.0. The van der Waals surface area contributed by atoms with Gasteiger partial charge in [0.1, 0.15) is 29.9 Å². The number of hydrogen-bond donors (Lipinski definition) is 4. The number of nitrogens with one attached hydrogen (secondary N) is 2. The number of thioether (sulfide) groups is 2. The second-order valence-electron chi connectivity index (χ2n) is 6.49. The van der Waals surface area contributed by atoms with Gasteiger partial charge in [-0.05, 0) is 5.57 Å². The van der Waals surface area contributed by atoms with E-state index in [0.717, 1.165) is 11.3 Å². The van der Waals surface area contributed by atoms with E-state index in [1.807, 2.05) is 0 Å². The average molecular weight is 496 g/mol. The van der Waals surface area contributed by atoms with Crippen molar-refractivity contribution in [1.82, 2.24) is 25.2 Å². The SMILES string of the molecule is CO/N=C(/C(=O)NC1C(=O)N2C(C(=O)O)=C(CSc3ncc[nH]3)CS[C@H]12)c1csc(N)n1. The van der Waals surface area contributed by atoms with Crippen molar-refractivity contribution >= 4 is 63.5 Å². The molecule has 15 heteroatoms. The highest BCUT2D eigenvalue weighted by Crippen LogP contribution is 2.41. The van der Waals surface area contributed by atoms with Crippen molar-refractivity contribution in [2.75, 3.05) is 24.3 Å². The van der Waals surface area contributed by atoms with Crippen LogP contribution in [0, 0.1) is 0 Å². The number of imidazole rings is 1. The van der Waals surface area contributed by atoms with E-state index in [2.05, 4.69) is 25.4 Å². The number of nitrogens with zero attached hydrogens (tertiary/aromatic N) is 4. The number of nitrogen functional groups attached to an aromatic ring is 1. The van der Waals surface area contributed by atoms with E-state index in [0.29, 0.717) is 22.2 Å². The van der Waals surface area contributed by atoms with Crippen LogP contribution in [0.5, 0.6) is 0 Å². The number of carbonyl (C=O) groups excluding carboxylic acids is 2. The number of β-lactam (4-membered cyclic amide) rings is 1. The number of aromatic nitrogens is 3. The first-order valence-electron chi connectivity index (χ1n) is 9.06. The molecule has 0 aliphatic carbocycles. The third-order valence-electron chi connectivity index (χ3n) is 4.55. The number of carboxylic acid groups (broad SMARTS) is 1. The maximum absolute atomic E-state index is 12.8. The van der Waals surface area contributed by atoms with Crippen molar-refractivity contribution in [1.29, 1.82) is 0 Å². The molecule has 12 nitrogen and oxygen atoms in total. The highest BCUT2D eigenvalue weighted by Gasteiger charge is 2.54. The first-order valence-corrected chi connectivity index (χ1v) is 12.0. The molecule has 2 aromatic heterocycles. The number of thiazole rings is 1. The van der Waals surface area contributed by atoms with Gasteiger partial charge in [-0.15, -0.1) is 23.1 Å². The van der Waals surface area contributed by atoms with Crippen LogP contribution in [-0.2, 0) is 19.2 Å². The zero-order chi connectivity index (χ0) is 22.8. The molecule has 0 aromatic carbocycles. The Morgan fingerprint density at radius 3 is 2.97 bits per heavy atom. The molecule has 2 aromatic rings. The molecule has 168 valence electrons. The van der Waals surface area contributed by atoms with E-state index < -0.39 is 29.2 Å². The molecule has 5 N–H and O–H groups in total. The van der Waals surface area contributed by atoms with Gasteiger partial charge in [0.25, 0.3) is 11.8 Å². The molecule has 1 saturated heterocycles. The van der Waals surface area contributed by atoms with Gasteiger partial charge in [0.2, 0.25) is 0 Å². The molecule has 2 aliphatic rings. The van der Waals surface area contributed by atoms with Crippen molar-refractivity contribution < 1.29 is 24.3 Å². The summed E-state index contributed by atoms with van der Waals surface area (Å²) in [5.74, 6) is -1.61. The highest BCUT2D eigenvalue weighted by molar-refractivity contribution is 8.01. The molecule has 0 radical (unpaired) electrons. The fourth-order valence-corrected chi connectivity index (χ4v) is 6.04. The number of anilines is 1. The van der Waals surface area contributed by atoms with Crippen LogP contribution in [0.25, 0.3) is 0 Å². The summed E-state index contributed by atoms with van der Waals surface area (Å²) in [4.78, 5) is 54.5. The van der Waals surface area contributed by atoms with Crippen molar-refractivity contribution in [3.05, 3.63) is 34.7 Å². The standard InChI is InChI=1S/C17H17N7O5S3/c1-29-23-9(8-6-31-16(18)21-8)12(25)22-10-13(26)24-11(15(27)28)7(4-30-14(10)24)5-32-17-19-2-3-20-17/h2-3,6,10,14H,4-5H2,1H3,(H2,18,21)(H,19,20)(H,22,25)(H,27,28)/b23-9+/t10?,14-/m1/s1. The zero-order valence-corrected chi connectivity index (χ0v) is 18.9. The Hall–Kier alpha value is -3.04. The normalized spacial score (nSPS) is 20.6. The van der Waals surface area contributed by atoms with Crippen LogP contribution < -0.4 is 11.1 Å². The number of carbonyl (C=O) groups is 3. The lowest BCUT2D eigenvalue weighted by Crippen LogP contribution is -2.71. The van der Waals surface area contributed by atoms with E-state index in [1.54, 1.807) is 17.8 Å². The molecule has 0 spiro atoms. The molecule has 32 heavy (non-hydrogen) atoms. The lowest BCUT2D eigenvalue weighted by atomic mass is 10.0. The van der Waals surface area contributed by atoms with Crippen LogP contribution >= 0.6 is 34.9 Å². The molecule has 0 saturated carbocycles. The van der Waals surface area contributed by atoms with Crippen LogP contribution in [0.3, 0.4) is 0 Å². The van der Waals surface area contributed by atoms with E-state index in [1.165, 1.54) is 35.5 Å². The largest absolute Gasteiger partial charge is 0.477 e. The Balaban J connectivity index is 1.49. The molecule has 4 rings (SSSR count). The van der Waals surface area contributed by atoms with Gasteiger partial charge in [-0.2, -0.15) is 0 Å². The van der Waals surface area contributed by atoms with Gasteiger partial charge in [0, 0.05) is 29.3 Å². The molecule has 2 amide bonds. The van der Waals surface area contributed by atoms with Crippen molar-refractivity contribution in [3.63, 3.8) is 0 Å². The lowest BCUT2D eigenvalue weighted by Gasteiger charge is -2.49. The minimum absolute atomic E-state index is 0.0543. The summed E-state index contributed by atoms with van der Waals surface area (Å²) in [6.45, 7) is 0. The van der Waals surface area contributed by atoms with Gasteiger partial charge in [-0.1, -0.05) is 16.9 Å². The Morgan fingerprint density at radius 1 is 1.53 bits per heavy atom. The molecule has 2 aliphatic heterocycles. The Morgan fingerprint density at radius 2 is 2.34 bits per heavy atom. The molecular formula is C17H17N7O5S3. The third-order valence-corrected chi connectivity index (χ3v) is 7.56. The first-order chi connectivity index (χ1) is 15.4. The van der Waals surface area contributed by atoms with Gasteiger partial charge in [0.05, 0.1) is 0 Å². The molecule has 1 fully saturated rings. The van der Waals surface area contributed by atoms with Crippen LogP contribution in [0.15, 0.2) is 39.4 Å². The molecule has 0 bridgehead atoms. The second-order valence-corrected chi connectivity index (χ2v) is 9.45. The van der Waals surface area contributed by atoms with Gasteiger partial charge >= 0.3 is 5.97 Å². The van der Waals surface area contributed by atoms with Crippen LogP contribution in [-0.4, -0.2) is 78.5 Å². The number of rotatable bonds is 8. The number of amides is 2. The fraction of sp³-hybridized carbons (Fsp3) is 0.294. The van der Waals surface area contributed by atoms with Gasteiger partial charge in [0.15, 0.2) is 16.0 Å². The zero-order valence-electron chi connectivity index (χ0n) is 16.5. The quantitative estimate of drug-likeness (QED) is 0.173. The Bertz CT molecular complexity index is 1110. The third kappa shape index (κ3) is 4.18. The fourth-order valence-electron chi connectivity index (χ4n) is 3.18. The van der Waals surface area contributed by atoms with Crippen molar-refractivity contribution in [2.24, 2.45) is 5.16 Å². The smallest absolute Gasteiger partial charge is 0.352 e. The highest BCUT2D eigenvalue weighted by atomic mass is 32.2. The number of oxime groups is 1. The van der Waals surface area contributed by atoms with Crippen LogP contribution in [0.4, 0.5) is 5.13 Å². The van der Waals surface area contributed by atoms with Gasteiger partial charge < -0.3 is 26.0 Å². The maximum Gasteiger partial charge on any atom is 0.352 e. The molecule has 2 atom stereocenters. The average Bonchev–Trinajstić information content (AvgIpc) is 3.45. The topological polar surface area (TPSA) is 176 Å². The number of hydrogen-bond acceptors (Lipinski definition) is 11. The minimum Gasteiger partial charge on any atom is -0.477 e. The van der Waals surface area contributed by atoms with Crippen LogP contribution in [0.2, 0.25) is 0 Å². The predicted molar refractivity (Wildman–Crippen MR) is 119 cm³/mol. The number of nitrogens with two attached hydrogens (primary N) is 1. The van der Waals surface area contributed by atoms with Crippen LogP contribution in [0.1, 0.15) is 5.69 Å². The second kappa shape index (κ2) is 9.22. The summed E-state index contributed by atoms with van der Waals surface area (Å²) in [5.41, 5.74) is 6.27. The first kappa shape index (κ1) is 22.2. The Labute approximate surface area is 193 Å². The monoisotopic (exact) mass is 495 g/mol. The van der Waals surface area contributed by atoms with E-state index in [9.17, 15) is 19.5 Å². The molecule has 4 heterocycles. The van der Waals surface area contributed by atoms with E-state index in [4.69, 9.17) is 10.6 Å². The number of H-pyrrole nitrogens is 1. The van der Waals surface area contributed by atoms with E-state index >= 15 is 0 Å². The maximum atomic E-state index is 12.8. The number of carboxylic acids is 1. The van der Waals surface area contributed by atoms with Crippen molar-refractivity contribution in [2.45, 2.75) is 16.6 Å². The summed E-state index contributed by atoms with van der Waals surface area (Å²) in [6.07, 6.45) is 3.28. The van der Waals surface area contributed by atoms with Gasteiger partial charge in [-0.3, -0.25) is 14.5 Å². The van der Waals surface area contributed by atoms with E-state index in [-0.39, 0.29) is 22.2 Å². The molecular weight excluding hydrogens is 478 g/mol. The number of fused-ring (bicyclic) bond motifs is 1. The summed E-state index contributed by atoms with van der Waals surface area (Å²) < 4.78 is 0. The predicted octanol–water partition coefficient (Wildman–Crippen LogP) is 0.330. The summed E-state index contributed by atoms with van der Waals surface area (Å²) in [6, 6.07) is -0.904. The molecule has 1 unspecified atom stereocenters. The van der Waals surface area contributed by atoms with Gasteiger partial charge in [-0.25, -0.2) is 14.8 Å². The summed E-state index contributed by atoms with van der Waals surface area (Å²) in [7, 11) is 1.28.